The Kier molecular flexibility index (Phi) is 7.41. The number of ether oxygens (including phenoxy) is 2. The van der Waals surface area contributed by atoms with Crippen molar-refractivity contribution in [2.75, 3.05) is 19.0 Å². The van der Waals surface area contributed by atoms with Gasteiger partial charge in [-0.3, -0.25) is 9.69 Å². The van der Waals surface area contributed by atoms with Gasteiger partial charge in [-0.25, -0.2) is 14.0 Å². The molecule has 32 heavy (non-hydrogen) atoms. The number of anilines is 1. The lowest BCUT2D eigenvalue weighted by molar-refractivity contribution is -0.122. The van der Waals surface area contributed by atoms with Gasteiger partial charge in [0.25, 0.3) is 0 Å². The highest BCUT2D eigenvalue weighted by atomic mass is 19.1. The first-order valence-electron chi connectivity index (χ1n) is 11.3. The van der Waals surface area contributed by atoms with Gasteiger partial charge in [0.05, 0.1) is 18.4 Å². The third-order valence-electron chi connectivity index (χ3n) is 6.24. The van der Waals surface area contributed by atoms with Crippen LogP contribution in [-0.2, 0) is 14.3 Å². The van der Waals surface area contributed by atoms with E-state index in [1.54, 1.807) is 20.8 Å². The van der Waals surface area contributed by atoms with E-state index in [2.05, 4.69) is 10.1 Å². The zero-order chi connectivity index (χ0) is 23.5. The van der Waals surface area contributed by atoms with Gasteiger partial charge in [-0.05, 0) is 57.2 Å². The lowest BCUT2D eigenvalue weighted by Gasteiger charge is -2.34. The van der Waals surface area contributed by atoms with Crippen molar-refractivity contribution >= 4 is 23.7 Å². The molecule has 8 heteroatoms. The van der Waals surface area contributed by atoms with E-state index in [9.17, 15) is 18.8 Å². The maximum absolute atomic E-state index is 14.6. The topological polar surface area (TPSA) is 84.9 Å². The second kappa shape index (κ2) is 9.88. The number of amides is 2. The Morgan fingerprint density at radius 2 is 1.78 bits per heavy atom. The molecule has 2 aliphatic rings. The van der Waals surface area contributed by atoms with Gasteiger partial charge in [0.2, 0.25) is 5.91 Å². The first-order valence-corrected chi connectivity index (χ1v) is 11.3. The maximum Gasteiger partial charge on any atom is 0.410 e. The Morgan fingerprint density at radius 1 is 1.09 bits per heavy atom. The molecule has 2 amide bonds. The summed E-state index contributed by atoms with van der Waals surface area (Å²) in [6, 6.07) is 3.03. The van der Waals surface area contributed by atoms with Crippen LogP contribution in [0, 0.1) is 17.7 Å². The van der Waals surface area contributed by atoms with E-state index in [-0.39, 0.29) is 17.2 Å². The third-order valence-corrected chi connectivity index (χ3v) is 6.24. The van der Waals surface area contributed by atoms with Gasteiger partial charge in [-0.15, -0.1) is 0 Å². The van der Waals surface area contributed by atoms with Gasteiger partial charge in [0.1, 0.15) is 17.5 Å². The van der Waals surface area contributed by atoms with Crippen LogP contribution in [0.1, 0.15) is 69.7 Å². The van der Waals surface area contributed by atoms with Gasteiger partial charge >= 0.3 is 12.1 Å². The maximum atomic E-state index is 14.6. The molecule has 7 nitrogen and oxygen atoms in total. The number of likely N-dealkylation sites (tertiary alicyclic amines) is 1. The molecule has 1 N–H and O–H groups in total. The Morgan fingerprint density at radius 3 is 2.38 bits per heavy atom. The summed E-state index contributed by atoms with van der Waals surface area (Å²) >= 11 is 0. The van der Waals surface area contributed by atoms with E-state index in [0.29, 0.717) is 18.9 Å². The Bertz CT molecular complexity index is 860. The number of nitrogens with one attached hydrogen (secondary N) is 1. The summed E-state index contributed by atoms with van der Waals surface area (Å²) in [7, 11) is 1.21. The van der Waals surface area contributed by atoms with Gasteiger partial charge < -0.3 is 14.8 Å². The van der Waals surface area contributed by atoms with Crippen molar-refractivity contribution in [2.24, 2.45) is 11.8 Å². The van der Waals surface area contributed by atoms with Crippen molar-refractivity contribution in [1.29, 1.82) is 0 Å². The van der Waals surface area contributed by atoms with E-state index in [4.69, 9.17) is 4.74 Å². The molecule has 1 aliphatic heterocycles. The molecule has 176 valence electrons. The summed E-state index contributed by atoms with van der Waals surface area (Å²) in [5, 5.41) is 2.64. The van der Waals surface area contributed by atoms with Gasteiger partial charge in [0.15, 0.2) is 0 Å². The number of nitrogens with zero attached hydrogens (tertiary/aromatic N) is 1. The van der Waals surface area contributed by atoms with Crippen molar-refractivity contribution in [2.45, 2.75) is 70.9 Å². The van der Waals surface area contributed by atoms with Crippen molar-refractivity contribution < 1.29 is 28.2 Å². The van der Waals surface area contributed by atoms with Crippen LogP contribution in [0.3, 0.4) is 0 Å². The Balaban J connectivity index is 1.83. The predicted octanol–water partition coefficient (Wildman–Crippen LogP) is 4.76. The summed E-state index contributed by atoms with van der Waals surface area (Å²) in [6.45, 7) is 5.78. The fourth-order valence-electron chi connectivity index (χ4n) is 4.80. The highest BCUT2D eigenvalue weighted by Gasteiger charge is 2.46. The lowest BCUT2D eigenvalue weighted by atomic mass is 9.76. The van der Waals surface area contributed by atoms with E-state index in [1.807, 2.05) is 0 Å². The molecular weight excluding hydrogens is 415 g/mol. The molecule has 3 rings (SSSR count). The molecule has 0 radical (unpaired) electrons. The third kappa shape index (κ3) is 5.58. The minimum absolute atomic E-state index is 0.000206. The highest BCUT2D eigenvalue weighted by Crippen LogP contribution is 2.40. The molecule has 0 spiro atoms. The molecule has 2 atom stereocenters. The number of hydrogen-bond donors (Lipinski definition) is 1. The van der Waals surface area contributed by atoms with Crippen LogP contribution in [0.4, 0.5) is 14.9 Å². The average Bonchev–Trinajstić information content (AvgIpc) is 3.19. The largest absolute Gasteiger partial charge is 0.465 e. The number of halogens is 1. The monoisotopic (exact) mass is 448 g/mol. The van der Waals surface area contributed by atoms with Crippen molar-refractivity contribution in [3.63, 3.8) is 0 Å². The van der Waals surface area contributed by atoms with Gasteiger partial charge in [-0.1, -0.05) is 32.1 Å². The second-order valence-corrected chi connectivity index (χ2v) is 9.64. The average molecular weight is 449 g/mol. The number of esters is 1. The first-order chi connectivity index (χ1) is 15.1. The fraction of sp³-hybridized carbons (Fsp3) is 0.625. The quantitative estimate of drug-likeness (QED) is 0.672. The minimum atomic E-state index is -0.739. The Hall–Kier alpha value is -2.64. The normalized spacial score (nSPS) is 21.8. The van der Waals surface area contributed by atoms with Gasteiger partial charge in [0, 0.05) is 6.54 Å². The van der Waals surface area contributed by atoms with Crippen molar-refractivity contribution in [3.8, 4) is 0 Å². The first kappa shape index (κ1) is 24.0. The lowest BCUT2D eigenvalue weighted by Crippen LogP contribution is -2.49. The summed E-state index contributed by atoms with van der Waals surface area (Å²) in [6.07, 6.45) is 5.66. The van der Waals surface area contributed by atoms with Crippen LogP contribution in [0.15, 0.2) is 18.2 Å². The van der Waals surface area contributed by atoms with Crippen LogP contribution < -0.4 is 5.32 Å². The molecule has 1 aromatic carbocycles. The molecule has 1 aliphatic carbocycles. The van der Waals surface area contributed by atoms with Crippen LogP contribution in [0.25, 0.3) is 0 Å². The number of methoxy groups -OCH3 is 1. The summed E-state index contributed by atoms with van der Waals surface area (Å²) in [4.78, 5) is 39.3. The number of hydrogen-bond acceptors (Lipinski definition) is 5. The SMILES string of the molecule is COC(=O)c1ccc(NC(=O)[C@@H]2[C@@H](C3CCCCC3)CCN2C(=O)OC(C)(C)C)c(F)c1. The second-order valence-electron chi connectivity index (χ2n) is 9.64. The van der Waals surface area contributed by atoms with Crippen molar-refractivity contribution in [1.82, 2.24) is 4.90 Å². The fourth-order valence-corrected chi connectivity index (χ4v) is 4.80. The molecule has 0 bridgehead atoms. The molecule has 0 unspecified atom stereocenters. The van der Waals surface area contributed by atoms with E-state index in [0.717, 1.165) is 31.7 Å². The standard InChI is InChI=1S/C24H33FN2O5/c1-24(2,3)32-23(30)27-13-12-17(15-8-6-5-7-9-15)20(27)21(28)26-19-11-10-16(14-18(19)25)22(29)31-4/h10-11,14-15,17,20H,5-9,12-13H2,1-4H3,(H,26,28)/t17-,20+/m1/s1. The van der Waals surface area contributed by atoms with Crippen LogP contribution >= 0.6 is 0 Å². The predicted molar refractivity (Wildman–Crippen MR) is 118 cm³/mol. The molecule has 1 aromatic rings. The zero-order valence-electron chi connectivity index (χ0n) is 19.3. The summed E-state index contributed by atoms with van der Waals surface area (Å²) < 4.78 is 24.7. The highest BCUT2D eigenvalue weighted by molar-refractivity contribution is 5.98. The summed E-state index contributed by atoms with van der Waals surface area (Å²) in [5.74, 6) is -1.49. The summed E-state index contributed by atoms with van der Waals surface area (Å²) in [5.41, 5.74) is -0.669. The minimum Gasteiger partial charge on any atom is -0.465 e. The van der Waals surface area contributed by atoms with Gasteiger partial charge in [-0.2, -0.15) is 0 Å². The van der Waals surface area contributed by atoms with E-state index < -0.39 is 35.4 Å². The number of carbonyl (C=O) groups excluding carboxylic acids is 3. The Labute approximate surface area is 188 Å². The molecule has 0 aromatic heterocycles. The van der Waals surface area contributed by atoms with E-state index in [1.165, 1.54) is 30.6 Å². The smallest absolute Gasteiger partial charge is 0.410 e. The molecule has 1 heterocycles. The number of carbonyl (C=O) groups is 3. The molecule has 2 fully saturated rings. The van der Waals surface area contributed by atoms with Crippen molar-refractivity contribution in [3.05, 3.63) is 29.6 Å². The van der Waals surface area contributed by atoms with Crippen LogP contribution in [-0.4, -0.2) is 48.2 Å². The molecule has 1 saturated carbocycles. The number of benzene rings is 1. The van der Waals surface area contributed by atoms with E-state index >= 15 is 0 Å². The van der Waals surface area contributed by atoms with Crippen LogP contribution in [0.5, 0.6) is 0 Å². The molecular formula is C24H33FN2O5. The number of rotatable bonds is 4. The zero-order valence-corrected chi connectivity index (χ0v) is 19.3. The van der Waals surface area contributed by atoms with Crippen LogP contribution in [0.2, 0.25) is 0 Å². The molecule has 1 saturated heterocycles.